The highest BCUT2D eigenvalue weighted by atomic mass is 32.2. The van der Waals surface area contributed by atoms with Crippen LogP contribution in [0.2, 0.25) is 0 Å². The highest BCUT2D eigenvalue weighted by Gasteiger charge is 2.21. The normalized spacial score (nSPS) is 11.8. The lowest BCUT2D eigenvalue weighted by Gasteiger charge is -2.20. The van der Waals surface area contributed by atoms with E-state index in [2.05, 4.69) is 82.4 Å². The Hall–Kier alpha value is -7.52. The first-order valence-electron chi connectivity index (χ1n) is 27.5. The summed E-state index contributed by atoms with van der Waals surface area (Å²) in [5.74, 6) is 0.621. The third-order valence-electron chi connectivity index (χ3n) is 12.5. The van der Waals surface area contributed by atoms with Gasteiger partial charge >= 0.3 is 0 Å². The van der Waals surface area contributed by atoms with Crippen LogP contribution in [0.15, 0.2) is 109 Å². The number of anilines is 4. The number of phenolic OH excluding ortho intramolecular Hbond substituents is 5. The van der Waals surface area contributed by atoms with Crippen molar-refractivity contribution >= 4 is 55.6 Å². The Bertz CT molecular complexity index is 3410. The zero-order valence-corrected chi connectivity index (χ0v) is 55.4. The van der Waals surface area contributed by atoms with Crippen molar-refractivity contribution in [2.75, 3.05) is 32.6 Å². The van der Waals surface area contributed by atoms with E-state index >= 15 is 0 Å². The van der Waals surface area contributed by atoms with Gasteiger partial charge in [0.1, 0.15) is 34.5 Å². The summed E-state index contributed by atoms with van der Waals surface area (Å²) in [6, 6.07) is 30.6. The molecule has 0 heterocycles. The minimum absolute atomic E-state index is 0.00264. The van der Waals surface area contributed by atoms with E-state index in [9.17, 15) is 57.1 Å². The number of sulfonamides is 2. The molecule has 6 aromatic carbocycles. The molecule has 0 radical (unpaired) electrons. The minimum Gasteiger partial charge on any atom is -0.508 e. The number of hydrogen-bond donors (Lipinski definition) is 12. The molecule has 0 aliphatic heterocycles. The number of aliphatic hydroxyl groups excluding tert-OH is 2. The molecular weight excluding hydrogens is 1140 g/mol. The van der Waals surface area contributed by atoms with Crippen LogP contribution in [0.25, 0.3) is 0 Å². The van der Waals surface area contributed by atoms with Gasteiger partial charge < -0.3 is 51.5 Å². The van der Waals surface area contributed by atoms with Gasteiger partial charge in [0.05, 0.1) is 42.8 Å². The van der Waals surface area contributed by atoms with E-state index in [1.165, 1.54) is 18.2 Å². The number of nitrogens with one attached hydrogen (secondary N) is 4. The smallest absolute Gasteiger partial charge is 0.229 e. The second kappa shape index (κ2) is 31.2. The number of aromatic hydroxyl groups is 6. The van der Waals surface area contributed by atoms with Gasteiger partial charge in [0, 0.05) is 23.4 Å². The Labute approximate surface area is 511 Å². The molecule has 6 aromatic rings. The number of rotatable bonds is 10. The largest absolute Gasteiger partial charge is 0.508 e. The molecule has 18 nitrogen and oxygen atoms in total. The zero-order valence-electron chi connectivity index (χ0n) is 53.8. The number of hydrogen-bond acceptors (Lipinski definition) is 14. The SMILES string of the molecule is CC(C)(C)c1cc(O)cc(CO)c1.CC(C)(C)c1cc(O)cc(NC=O)c1.CC(C)(C)c1cc(O)cc(NS(C)(=O)=O)c1.CC(C)(C)c1ccc(O)c(CO)c1.CC(C)(C)c1ccc(O)c(NC=O)c1.CC(C)(C)c1ccc(O)c(NS(C)(=O)=O)c1. The lowest BCUT2D eigenvalue weighted by Crippen LogP contribution is -2.13. The fourth-order valence-electron chi connectivity index (χ4n) is 7.36. The lowest BCUT2D eigenvalue weighted by atomic mass is 9.86. The maximum Gasteiger partial charge on any atom is 0.229 e. The van der Waals surface area contributed by atoms with Crippen molar-refractivity contribution in [3.63, 3.8) is 0 Å². The van der Waals surface area contributed by atoms with E-state index in [-0.39, 0.29) is 85.9 Å². The van der Waals surface area contributed by atoms with Gasteiger partial charge in [0.25, 0.3) is 0 Å². The van der Waals surface area contributed by atoms with Gasteiger partial charge in [0.15, 0.2) is 0 Å². The van der Waals surface area contributed by atoms with Crippen molar-refractivity contribution in [2.45, 2.75) is 170 Å². The van der Waals surface area contributed by atoms with Crippen molar-refractivity contribution < 1.29 is 67.3 Å². The number of benzene rings is 6. The van der Waals surface area contributed by atoms with Crippen LogP contribution in [0, 0.1) is 0 Å². The molecule has 0 fully saturated rings. The number of phenols is 6. The maximum absolute atomic E-state index is 11.1. The molecule has 0 atom stereocenters. The van der Waals surface area contributed by atoms with Gasteiger partial charge in [-0.2, -0.15) is 0 Å². The van der Waals surface area contributed by atoms with Crippen LogP contribution in [0.5, 0.6) is 34.5 Å². The molecule has 0 saturated carbocycles. The van der Waals surface area contributed by atoms with Crippen molar-refractivity contribution in [1.29, 1.82) is 0 Å². The van der Waals surface area contributed by atoms with E-state index in [4.69, 9.17) is 10.2 Å². The second-order valence-corrected chi connectivity index (χ2v) is 30.3. The molecule has 20 heteroatoms. The summed E-state index contributed by atoms with van der Waals surface area (Å²) in [6.45, 7) is 36.8. The summed E-state index contributed by atoms with van der Waals surface area (Å²) in [6.07, 6.45) is 3.28. The van der Waals surface area contributed by atoms with Crippen molar-refractivity contribution in [3.8, 4) is 34.5 Å². The number of amides is 2. The topological polar surface area (TPSA) is 312 Å². The Morgan fingerprint density at radius 2 is 0.698 bits per heavy atom. The molecule has 0 aliphatic rings. The third-order valence-corrected chi connectivity index (χ3v) is 13.7. The first kappa shape index (κ1) is 76.5. The standard InChI is InChI=1S/2C11H17NO3S.2C11H15NO2.2C11H16O2/c1-11(2,3)8-5-9(7-10(13)6-8)12-16(4,14)15;1-11(2,3)8-5-6-10(13)9(7-8)12-16(4,14)15;1-11(2,3)8-4-9(12-7-13)6-10(14)5-8;1-11(2,3)8-4-5-10(14)9(6-8)12-7-13;1-11(2,3)9-4-8(7-12)5-10(13)6-9;1-11(2,3)9-4-5-10(13)8(6-9)7-12/h2*5-7,12-13H,1-4H3;2*4-7,14H,1-3H3,(H,12,13);2*4-6,12-13H,7H2,1-3H3. The summed E-state index contributed by atoms with van der Waals surface area (Å²) in [5.41, 5.74) is 8.83. The second-order valence-electron chi connectivity index (χ2n) is 26.8. The molecule has 86 heavy (non-hydrogen) atoms. The van der Waals surface area contributed by atoms with Crippen LogP contribution in [0.3, 0.4) is 0 Å². The van der Waals surface area contributed by atoms with Crippen LogP contribution in [-0.4, -0.2) is 83.0 Å². The van der Waals surface area contributed by atoms with Crippen molar-refractivity contribution in [3.05, 3.63) is 154 Å². The van der Waals surface area contributed by atoms with E-state index in [0.717, 1.165) is 51.5 Å². The Kier molecular flexibility index (Phi) is 27.8. The molecule has 0 spiro atoms. The lowest BCUT2D eigenvalue weighted by molar-refractivity contribution is -0.106. The minimum atomic E-state index is -3.37. The first-order chi connectivity index (χ1) is 38.9. The van der Waals surface area contributed by atoms with Gasteiger partial charge in [-0.1, -0.05) is 149 Å². The molecule has 0 aliphatic carbocycles. The highest BCUT2D eigenvalue weighted by molar-refractivity contribution is 7.92. The van der Waals surface area contributed by atoms with Crippen LogP contribution in [0.4, 0.5) is 22.7 Å². The van der Waals surface area contributed by atoms with Gasteiger partial charge in [-0.3, -0.25) is 19.0 Å². The average Bonchev–Trinajstić information content (AvgIpc) is 2.13. The molecule has 6 rings (SSSR count). The fourth-order valence-corrected chi connectivity index (χ4v) is 8.46. The van der Waals surface area contributed by atoms with Gasteiger partial charge in [-0.25, -0.2) is 16.8 Å². The third kappa shape index (κ3) is 28.6. The van der Waals surface area contributed by atoms with Gasteiger partial charge in [0.2, 0.25) is 32.9 Å². The number of aliphatic hydroxyl groups is 2. The van der Waals surface area contributed by atoms with E-state index < -0.39 is 20.0 Å². The summed E-state index contributed by atoms with van der Waals surface area (Å²) >= 11 is 0. The fraction of sp³-hybridized carbons (Fsp3) is 0.424. The van der Waals surface area contributed by atoms with E-state index in [1.807, 2.05) is 92.6 Å². The van der Waals surface area contributed by atoms with Crippen LogP contribution < -0.4 is 20.1 Å². The van der Waals surface area contributed by atoms with E-state index in [0.29, 0.717) is 35.4 Å². The van der Waals surface area contributed by atoms with Gasteiger partial charge in [-0.05, 0) is 144 Å². The first-order valence-corrected chi connectivity index (χ1v) is 31.3. The molecule has 0 bridgehead atoms. The quantitative estimate of drug-likeness (QED) is 0.0448. The summed E-state index contributed by atoms with van der Waals surface area (Å²) in [7, 11) is -6.69. The Morgan fingerprint density at radius 3 is 1.07 bits per heavy atom. The van der Waals surface area contributed by atoms with Crippen LogP contribution >= 0.6 is 0 Å². The zero-order chi connectivity index (χ0) is 66.8. The average molecular weight is 1230 g/mol. The summed E-state index contributed by atoms with van der Waals surface area (Å²) in [4.78, 5) is 20.5. The van der Waals surface area contributed by atoms with E-state index in [1.54, 1.807) is 60.7 Å². The predicted molar refractivity (Wildman–Crippen MR) is 349 cm³/mol. The predicted octanol–water partition coefficient (Wildman–Crippen LogP) is 13.0. The molecule has 476 valence electrons. The van der Waals surface area contributed by atoms with Crippen molar-refractivity contribution in [1.82, 2.24) is 0 Å². The molecule has 12 N–H and O–H groups in total. The van der Waals surface area contributed by atoms with Crippen molar-refractivity contribution in [2.24, 2.45) is 0 Å². The molecule has 2 amide bonds. The van der Waals surface area contributed by atoms with Crippen LogP contribution in [0.1, 0.15) is 169 Å². The maximum atomic E-state index is 11.1. The molecular formula is C66H96N4O14S2. The molecule has 0 saturated heterocycles. The number of carbonyl (C=O) groups excluding carboxylic acids is 2. The monoisotopic (exact) mass is 1230 g/mol. The summed E-state index contributed by atoms with van der Waals surface area (Å²) in [5, 5.41) is 79.5. The van der Waals surface area contributed by atoms with Gasteiger partial charge in [-0.15, -0.1) is 0 Å². The molecule has 0 unspecified atom stereocenters. The highest BCUT2D eigenvalue weighted by Crippen LogP contribution is 2.34. The number of carbonyl (C=O) groups is 2. The Morgan fingerprint density at radius 1 is 0.360 bits per heavy atom. The summed E-state index contributed by atoms with van der Waals surface area (Å²) < 4.78 is 49.0. The molecule has 0 aromatic heterocycles. The Balaban J connectivity index is 0.000000517. The van der Waals surface area contributed by atoms with Crippen LogP contribution in [-0.2, 0) is 75.3 Å².